The maximum atomic E-state index is 13.4. The number of piperidine rings is 1. The van der Waals surface area contributed by atoms with E-state index < -0.39 is 18.1 Å². The largest absolute Gasteiger partial charge is 0.449 e. The molecule has 2 aliphatic heterocycles. The average molecular weight is 388 g/mol. The molecule has 0 saturated carbocycles. The van der Waals surface area contributed by atoms with Crippen molar-refractivity contribution in [3.8, 4) is 0 Å². The van der Waals surface area contributed by atoms with Gasteiger partial charge in [-0.1, -0.05) is 6.92 Å². The molecule has 1 amide bonds. The number of imidazole rings is 1. The maximum absolute atomic E-state index is 13.4. The highest BCUT2D eigenvalue weighted by Gasteiger charge is 2.41. The van der Waals surface area contributed by atoms with Crippen LogP contribution < -0.4 is 5.32 Å². The van der Waals surface area contributed by atoms with Gasteiger partial charge in [-0.25, -0.2) is 4.98 Å². The summed E-state index contributed by atoms with van der Waals surface area (Å²) in [6, 6.07) is 0. The number of rotatable bonds is 5. The summed E-state index contributed by atoms with van der Waals surface area (Å²) in [7, 11) is 0. The monoisotopic (exact) mass is 388 g/mol. The van der Waals surface area contributed by atoms with Gasteiger partial charge < -0.3 is 19.5 Å². The van der Waals surface area contributed by atoms with Crippen molar-refractivity contribution in [2.75, 3.05) is 26.2 Å². The van der Waals surface area contributed by atoms with Crippen molar-refractivity contribution in [2.24, 2.45) is 0 Å². The summed E-state index contributed by atoms with van der Waals surface area (Å²) in [5, 5.41) is 3.14. The molecule has 1 unspecified atom stereocenters. The number of carbonyl (C=O) groups excluding carboxylic acids is 1. The van der Waals surface area contributed by atoms with Gasteiger partial charge in [0.15, 0.2) is 0 Å². The molecule has 1 fully saturated rings. The van der Waals surface area contributed by atoms with Crippen LogP contribution in [0.3, 0.4) is 0 Å². The first-order valence-corrected chi connectivity index (χ1v) is 9.64. The second kappa shape index (κ2) is 8.18. The maximum Gasteiger partial charge on any atom is 0.449 e. The lowest BCUT2D eigenvalue weighted by Crippen LogP contribution is -2.44. The molecule has 9 heteroatoms. The Balaban J connectivity index is 1.73. The van der Waals surface area contributed by atoms with Crippen LogP contribution in [0, 0.1) is 0 Å². The molecule has 0 bridgehead atoms. The number of hydrogen-bond donors (Lipinski definition) is 1. The van der Waals surface area contributed by atoms with Gasteiger partial charge in [0.2, 0.25) is 5.82 Å². The second-order valence-corrected chi connectivity index (χ2v) is 7.05. The van der Waals surface area contributed by atoms with Gasteiger partial charge in [-0.05, 0) is 26.2 Å². The predicted molar refractivity (Wildman–Crippen MR) is 93.2 cm³/mol. The van der Waals surface area contributed by atoms with E-state index in [0.29, 0.717) is 63.4 Å². The Labute approximate surface area is 157 Å². The smallest absolute Gasteiger partial charge is 0.369 e. The Morgan fingerprint density at radius 3 is 2.59 bits per heavy atom. The van der Waals surface area contributed by atoms with E-state index in [0.717, 1.165) is 0 Å². The standard InChI is InChI=1S/C18H27F3N4O2/c1-3-14(27-4-2)16(26)24-8-5-12(6-9-24)15-13-11-22-7-10-25(13)17(23-15)18(19,20)21/h12,14,22H,3-11H2,1-2H3. The van der Waals surface area contributed by atoms with Gasteiger partial charge in [0, 0.05) is 45.2 Å². The zero-order valence-electron chi connectivity index (χ0n) is 15.8. The number of alkyl halides is 3. The second-order valence-electron chi connectivity index (χ2n) is 7.05. The molecule has 3 heterocycles. The highest BCUT2D eigenvalue weighted by Crippen LogP contribution is 2.36. The van der Waals surface area contributed by atoms with Crippen LogP contribution in [-0.2, 0) is 28.8 Å². The lowest BCUT2D eigenvalue weighted by atomic mass is 9.91. The van der Waals surface area contributed by atoms with E-state index in [1.54, 1.807) is 4.90 Å². The Morgan fingerprint density at radius 2 is 2.00 bits per heavy atom. The Bertz CT molecular complexity index is 666. The minimum absolute atomic E-state index is 0.0256. The van der Waals surface area contributed by atoms with Crippen LogP contribution in [0.15, 0.2) is 0 Å². The molecular formula is C18H27F3N4O2. The molecule has 27 heavy (non-hydrogen) atoms. The van der Waals surface area contributed by atoms with Crippen molar-refractivity contribution < 1.29 is 22.7 Å². The molecule has 0 aromatic carbocycles. The van der Waals surface area contributed by atoms with Crippen LogP contribution >= 0.6 is 0 Å². The summed E-state index contributed by atoms with van der Waals surface area (Å²) in [6.07, 6.45) is -3.03. The number of aromatic nitrogens is 2. The van der Waals surface area contributed by atoms with Crippen LogP contribution in [0.1, 0.15) is 56.2 Å². The number of carbonyl (C=O) groups is 1. The number of amides is 1. The summed E-state index contributed by atoms with van der Waals surface area (Å²) < 4.78 is 46.9. The minimum Gasteiger partial charge on any atom is -0.369 e. The number of likely N-dealkylation sites (tertiary alicyclic amines) is 1. The Morgan fingerprint density at radius 1 is 1.30 bits per heavy atom. The van der Waals surface area contributed by atoms with Crippen molar-refractivity contribution in [3.05, 3.63) is 17.2 Å². The van der Waals surface area contributed by atoms with E-state index in [2.05, 4.69) is 10.3 Å². The third-order valence-corrected chi connectivity index (χ3v) is 5.37. The van der Waals surface area contributed by atoms with Crippen molar-refractivity contribution in [1.29, 1.82) is 0 Å². The molecule has 1 atom stereocenters. The number of fused-ring (bicyclic) bond motifs is 1. The number of hydrogen-bond acceptors (Lipinski definition) is 4. The van der Waals surface area contributed by atoms with Gasteiger partial charge in [0.25, 0.3) is 5.91 Å². The Hall–Kier alpha value is -1.61. The van der Waals surface area contributed by atoms with E-state index in [-0.39, 0.29) is 18.4 Å². The first-order chi connectivity index (χ1) is 12.9. The van der Waals surface area contributed by atoms with E-state index in [9.17, 15) is 18.0 Å². The predicted octanol–water partition coefficient (Wildman–Crippen LogP) is 2.53. The summed E-state index contributed by atoms with van der Waals surface area (Å²) in [5.41, 5.74) is 1.18. The number of ether oxygens (including phenoxy) is 1. The first-order valence-electron chi connectivity index (χ1n) is 9.64. The van der Waals surface area contributed by atoms with Crippen molar-refractivity contribution >= 4 is 5.91 Å². The van der Waals surface area contributed by atoms with E-state index in [1.807, 2.05) is 13.8 Å². The highest BCUT2D eigenvalue weighted by atomic mass is 19.4. The lowest BCUT2D eigenvalue weighted by molar-refractivity contribution is -0.147. The summed E-state index contributed by atoms with van der Waals surface area (Å²) >= 11 is 0. The zero-order valence-corrected chi connectivity index (χ0v) is 15.8. The zero-order chi connectivity index (χ0) is 19.6. The van der Waals surface area contributed by atoms with Crippen LogP contribution in [0.25, 0.3) is 0 Å². The van der Waals surface area contributed by atoms with E-state index >= 15 is 0 Å². The molecule has 0 spiro atoms. The van der Waals surface area contributed by atoms with Gasteiger partial charge in [0.1, 0.15) is 6.10 Å². The molecule has 1 aromatic heterocycles. The summed E-state index contributed by atoms with van der Waals surface area (Å²) in [6.45, 7) is 6.48. The third kappa shape index (κ3) is 4.13. The van der Waals surface area contributed by atoms with Gasteiger partial charge >= 0.3 is 6.18 Å². The molecule has 3 rings (SSSR count). The van der Waals surface area contributed by atoms with Crippen molar-refractivity contribution in [2.45, 2.75) is 64.4 Å². The first kappa shape index (κ1) is 20.1. The molecule has 1 N–H and O–H groups in total. The van der Waals surface area contributed by atoms with Crippen molar-refractivity contribution in [1.82, 2.24) is 19.8 Å². The quantitative estimate of drug-likeness (QED) is 0.842. The van der Waals surface area contributed by atoms with E-state index in [4.69, 9.17) is 4.74 Å². The topological polar surface area (TPSA) is 59.4 Å². The molecular weight excluding hydrogens is 361 g/mol. The molecule has 152 valence electrons. The Kier molecular flexibility index (Phi) is 6.10. The average Bonchev–Trinajstić information content (AvgIpc) is 3.06. The molecule has 1 saturated heterocycles. The fourth-order valence-electron chi connectivity index (χ4n) is 4.01. The van der Waals surface area contributed by atoms with E-state index in [1.165, 1.54) is 4.57 Å². The molecule has 0 aliphatic carbocycles. The van der Waals surface area contributed by atoms with Gasteiger partial charge in [0.05, 0.1) is 11.4 Å². The molecule has 6 nitrogen and oxygen atoms in total. The fourth-order valence-corrected chi connectivity index (χ4v) is 4.01. The molecule has 2 aliphatic rings. The number of halogens is 3. The summed E-state index contributed by atoms with van der Waals surface area (Å²) in [4.78, 5) is 18.3. The number of nitrogens with zero attached hydrogens (tertiary/aromatic N) is 3. The normalized spacial score (nSPS) is 19.8. The molecule has 0 radical (unpaired) electrons. The van der Waals surface area contributed by atoms with Crippen molar-refractivity contribution in [3.63, 3.8) is 0 Å². The minimum atomic E-state index is -4.45. The third-order valence-electron chi connectivity index (χ3n) is 5.37. The summed E-state index contributed by atoms with van der Waals surface area (Å²) in [5.74, 6) is -0.879. The van der Waals surface area contributed by atoms with Crippen LogP contribution in [0.5, 0.6) is 0 Å². The molecule has 1 aromatic rings. The van der Waals surface area contributed by atoms with Gasteiger partial charge in [-0.2, -0.15) is 13.2 Å². The van der Waals surface area contributed by atoms with Crippen LogP contribution in [-0.4, -0.2) is 52.7 Å². The highest BCUT2D eigenvalue weighted by molar-refractivity contribution is 5.81. The van der Waals surface area contributed by atoms with Crippen LogP contribution in [0.2, 0.25) is 0 Å². The van der Waals surface area contributed by atoms with Gasteiger partial charge in [-0.3, -0.25) is 4.79 Å². The number of nitrogens with one attached hydrogen (secondary N) is 1. The van der Waals surface area contributed by atoms with Gasteiger partial charge in [-0.15, -0.1) is 0 Å². The van der Waals surface area contributed by atoms with Crippen LogP contribution in [0.4, 0.5) is 13.2 Å². The SMILES string of the molecule is CCOC(CC)C(=O)N1CCC(c2nc(C(F)(F)F)n3c2CNCC3)CC1. The lowest BCUT2D eigenvalue weighted by Gasteiger charge is -2.34. The fraction of sp³-hybridized carbons (Fsp3) is 0.778.